The summed E-state index contributed by atoms with van der Waals surface area (Å²) in [5.74, 6) is -0.464. The van der Waals surface area contributed by atoms with Gasteiger partial charge in [-0.2, -0.15) is 0 Å². The first kappa shape index (κ1) is 17.0. The van der Waals surface area contributed by atoms with Gasteiger partial charge in [0.25, 0.3) is 0 Å². The Kier molecular flexibility index (Phi) is 5.71. The monoisotopic (exact) mass is 317 g/mol. The van der Waals surface area contributed by atoms with Crippen LogP contribution in [-0.4, -0.2) is 32.1 Å². The highest BCUT2D eigenvalue weighted by Crippen LogP contribution is 2.19. The quantitative estimate of drug-likeness (QED) is 0.767. The number of rotatable bonds is 6. The van der Waals surface area contributed by atoms with Crippen molar-refractivity contribution in [3.63, 3.8) is 0 Å². The number of nitrogens with zero attached hydrogens (tertiary/aromatic N) is 1. The van der Waals surface area contributed by atoms with E-state index < -0.39 is 0 Å². The van der Waals surface area contributed by atoms with Crippen molar-refractivity contribution in [1.82, 2.24) is 4.90 Å². The van der Waals surface area contributed by atoms with Crippen molar-refractivity contribution in [1.29, 1.82) is 0 Å². The molecule has 0 aliphatic carbocycles. The van der Waals surface area contributed by atoms with Crippen molar-refractivity contribution in [3.8, 4) is 5.75 Å². The summed E-state index contributed by atoms with van der Waals surface area (Å²) >= 11 is 0. The van der Waals surface area contributed by atoms with Gasteiger partial charge in [-0.1, -0.05) is 18.2 Å². The number of carbonyl (C=O) groups is 1. The van der Waals surface area contributed by atoms with E-state index in [1.54, 1.807) is 18.2 Å². The van der Waals surface area contributed by atoms with E-state index in [1.807, 2.05) is 25.2 Å². The maximum atomic E-state index is 13.7. The standard InChI is InChI=1S/C18H20FNO3/c1-20(12-14-6-9-17(22-2)16(19)10-14)11-13-4-7-15(8-5-13)18(21)23-3/h4-10H,11-12H2,1-3H3. The summed E-state index contributed by atoms with van der Waals surface area (Å²) in [5, 5.41) is 0. The van der Waals surface area contributed by atoms with Crippen molar-refractivity contribution in [2.45, 2.75) is 13.1 Å². The summed E-state index contributed by atoms with van der Waals surface area (Å²) in [6.07, 6.45) is 0. The van der Waals surface area contributed by atoms with E-state index in [0.29, 0.717) is 18.7 Å². The van der Waals surface area contributed by atoms with E-state index in [2.05, 4.69) is 9.64 Å². The molecule has 0 saturated carbocycles. The number of hydrogen-bond donors (Lipinski definition) is 0. The lowest BCUT2D eigenvalue weighted by Crippen LogP contribution is -2.17. The highest BCUT2D eigenvalue weighted by molar-refractivity contribution is 5.89. The Morgan fingerprint density at radius 1 is 1.04 bits per heavy atom. The van der Waals surface area contributed by atoms with E-state index in [-0.39, 0.29) is 17.5 Å². The van der Waals surface area contributed by atoms with E-state index in [4.69, 9.17) is 4.74 Å². The van der Waals surface area contributed by atoms with Crippen LogP contribution in [0.3, 0.4) is 0 Å². The predicted octanol–water partition coefficient (Wildman–Crippen LogP) is 3.25. The first-order valence-corrected chi connectivity index (χ1v) is 7.21. The van der Waals surface area contributed by atoms with Gasteiger partial charge in [0.05, 0.1) is 19.8 Å². The zero-order chi connectivity index (χ0) is 16.8. The molecule has 0 bridgehead atoms. The largest absolute Gasteiger partial charge is 0.494 e. The van der Waals surface area contributed by atoms with Gasteiger partial charge in [0.15, 0.2) is 11.6 Å². The van der Waals surface area contributed by atoms with Crippen LogP contribution in [0.4, 0.5) is 4.39 Å². The maximum absolute atomic E-state index is 13.7. The van der Waals surface area contributed by atoms with Crippen LogP contribution in [0.2, 0.25) is 0 Å². The molecule has 2 rings (SSSR count). The third-order valence-corrected chi connectivity index (χ3v) is 3.50. The lowest BCUT2D eigenvalue weighted by atomic mass is 10.1. The zero-order valence-corrected chi connectivity index (χ0v) is 13.5. The molecule has 5 heteroatoms. The van der Waals surface area contributed by atoms with Crippen LogP contribution in [0, 0.1) is 5.82 Å². The summed E-state index contributed by atoms with van der Waals surface area (Å²) in [7, 11) is 4.76. The molecule has 0 heterocycles. The molecule has 0 fully saturated rings. The summed E-state index contributed by atoms with van der Waals surface area (Å²) in [6, 6.07) is 12.2. The van der Waals surface area contributed by atoms with Gasteiger partial charge in [-0.3, -0.25) is 4.90 Å². The molecule has 4 nitrogen and oxygen atoms in total. The summed E-state index contributed by atoms with van der Waals surface area (Å²) in [4.78, 5) is 13.5. The third-order valence-electron chi connectivity index (χ3n) is 3.50. The second kappa shape index (κ2) is 7.74. The summed E-state index contributed by atoms with van der Waals surface area (Å²) < 4.78 is 23.3. The fourth-order valence-corrected chi connectivity index (χ4v) is 2.35. The Labute approximate surface area is 135 Å². The van der Waals surface area contributed by atoms with Crippen molar-refractivity contribution in [3.05, 3.63) is 65.0 Å². The van der Waals surface area contributed by atoms with Crippen LogP contribution < -0.4 is 4.74 Å². The lowest BCUT2D eigenvalue weighted by molar-refractivity contribution is 0.0600. The molecular formula is C18H20FNO3. The van der Waals surface area contributed by atoms with Gasteiger partial charge in [0, 0.05) is 13.1 Å². The van der Waals surface area contributed by atoms with Crippen LogP contribution in [0.15, 0.2) is 42.5 Å². The Morgan fingerprint density at radius 3 is 2.22 bits per heavy atom. The van der Waals surface area contributed by atoms with Crippen LogP contribution >= 0.6 is 0 Å². The summed E-state index contributed by atoms with van der Waals surface area (Å²) in [5.41, 5.74) is 2.46. The fraction of sp³-hybridized carbons (Fsp3) is 0.278. The Balaban J connectivity index is 1.97. The molecule has 0 spiro atoms. The Morgan fingerprint density at radius 2 is 1.65 bits per heavy atom. The molecule has 0 amide bonds. The number of halogens is 1. The van der Waals surface area contributed by atoms with Crippen LogP contribution in [0.1, 0.15) is 21.5 Å². The zero-order valence-electron chi connectivity index (χ0n) is 13.5. The van der Waals surface area contributed by atoms with E-state index in [9.17, 15) is 9.18 Å². The highest BCUT2D eigenvalue weighted by atomic mass is 19.1. The minimum absolute atomic E-state index is 0.245. The molecule has 0 aromatic heterocycles. The molecule has 0 atom stereocenters. The molecule has 122 valence electrons. The molecule has 0 aliphatic rings. The smallest absolute Gasteiger partial charge is 0.337 e. The Hall–Kier alpha value is -2.40. The van der Waals surface area contributed by atoms with E-state index in [0.717, 1.165) is 11.1 Å². The number of ether oxygens (including phenoxy) is 2. The number of methoxy groups -OCH3 is 2. The number of esters is 1. The average molecular weight is 317 g/mol. The molecule has 0 unspecified atom stereocenters. The van der Waals surface area contributed by atoms with Gasteiger partial charge in [0.2, 0.25) is 0 Å². The number of carbonyl (C=O) groups excluding carboxylic acids is 1. The predicted molar refractivity (Wildman–Crippen MR) is 85.9 cm³/mol. The minimum atomic E-state index is -0.360. The van der Waals surface area contributed by atoms with Crippen molar-refractivity contribution >= 4 is 5.97 Å². The first-order chi connectivity index (χ1) is 11.0. The van der Waals surface area contributed by atoms with Crippen molar-refractivity contribution < 1.29 is 18.7 Å². The van der Waals surface area contributed by atoms with Gasteiger partial charge in [-0.05, 0) is 42.4 Å². The molecule has 23 heavy (non-hydrogen) atoms. The molecule has 0 radical (unpaired) electrons. The molecule has 0 aliphatic heterocycles. The normalized spacial score (nSPS) is 10.7. The first-order valence-electron chi connectivity index (χ1n) is 7.21. The number of hydrogen-bond acceptors (Lipinski definition) is 4. The van der Waals surface area contributed by atoms with Gasteiger partial charge < -0.3 is 9.47 Å². The van der Waals surface area contributed by atoms with Crippen LogP contribution in [0.25, 0.3) is 0 Å². The fourth-order valence-electron chi connectivity index (χ4n) is 2.35. The average Bonchev–Trinajstić information content (AvgIpc) is 2.55. The van der Waals surface area contributed by atoms with Crippen molar-refractivity contribution in [2.24, 2.45) is 0 Å². The third kappa shape index (κ3) is 4.53. The Bertz CT molecular complexity index is 670. The molecule has 2 aromatic rings. The second-order valence-electron chi connectivity index (χ2n) is 5.33. The van der Waals surface area contributed by atoms with Gasteiger partial charge >= 0.3 is 5.97 Å². The molecule has 0 saturated heterocycles. The topological polar surface area (TPSA) is 38.8 Å². The SMILES string of the molecule is COC(=O)c1ccc(CN(C)Cc2ccc(OC)c(F)c2)cc1. The summed E-state index contributed by atoms with van der Waals surface area (Å²) in [6.45, 7) is 1.30. The molecular weight excluding hydrogens is 297 g/mol. The van der Waals surface area contributed by atoms with Gasteiger partial charge in [-0.15, -0.1) is 0 Å². The van der Waals surface area contributed by atoms with Crippen LogP contribution in [-0.2, 0) is 17.8 Å². The molecule has 0 N–H and O–H groups in total. The van der Waals surface area contributed by atoms with E-state index >= 15 is 0 Å². The lowest BCUT2D eigenvalue weighted by Gasteiger charge is -2.17. The highest BCUT2D eigenvalue weighted by Gasteiger charge is 2.08. The van der Waals surface area contributed by atoms with Crippen LogP contribution in [0.5, 0.6) is 5.75 Å². The van der Waals surface area contributed by atoms with E-state index in [1.165, 1.54) is 20.3 Å². The molecule has 2 aromatic carbocycles. The van der Waals surface area contributed by atoms with Gasteiger partial charge in [0.1, 0.15) is 0 Å². The second-order valence-corrected chi connectivity index (χ2v) is 5.33. The van der Waals surface area contributed by atoms with Crippen molar-refractivity contribution in [2.75, 3.05) is 21.3 Å². The minimum Gasteiger partial charge on any atom is -0.494 e. The maximum Gasteiger partial charge on any atom is 0.337 e. The van der Waals surface area contributed by atoms with Gasteiger partial charge in [-0.25, -0.2) is 9.18 Å². The number of benzene rings is 2.